The van der Waals surface area contributed by atoms with Crippen LogP contribution in [0, 0.1) is 5.82 Å². The third-order valence-electron chi connectivity index (χ3n) is 3.81. The number of carboxylic acid groups (broad SMARTS) is 1. The van der Waals surface area contributed by atoms with Crippen molar-refractivity contribution in [2.75, 3.05) is 4.90 Å². The quantitative estimate of drug-likeness (QED) is 0.538. The van der Waals surface area contributed by atoms with Crippen molar-refractivity contribution in [3.63, 3.8) is 0 Å². The zero-order chi connectivity index (χ0) is 20.4. The molecule has 1 atom stereocenters. The summed E-state index contributed by atoms with van der Waals surface area (Å²) in [5.74, 6) is -1.76. The molecule has 1 amide bonds. The first-order valence-corrected chi connectivity index (χ1v) is 9.59. The molecular weight excluding hydrogens is 425 g/mol. The summed E-state index contributed by atoms with van der Waals surface area (Å²) in [6.45, 7) is 1.41. The van der Waals surface area contributed by atoms with E-state index in [-0.39, 0.29) is 9.34 Å². The van der Waals surface area contributed by atoms with Crippen LogP contribution in [0.1, 0.15) is 12.5 Å². The Morgan fingerprint density at radius 2 is 2.07 bits per heavy atom. The van der Waals surface area contributed by atoms with Crippen molar-refractivity contribution in [1.29, 1.82) is 0 Å². The van der Waals surface area contributed by atoms with Crippen LogP contribution >= 0.6 is 35.6 Å². The smallest absolute Gasteiger partial charge is 0.344 e. The molecule has 2 aromatic carbocycles. The van der Waals surface area contributed by atoms with Crippen molar-refractivity contribution >= 4 is 63.5 Å². The van der Waals surface area contributed by atoms with Gasteiger partial charge in [-0.3, -0.25) is 9.69 Å². The van der Waals surface area contributed by atoms with E-state index < -0.39 is 23.8 Å². The molecule has 1 aliphatic rings. The lowest BCUT2D eigenvalue weighted by atomic mass is 10.1. The van der Waals surface area contributed by atoms with Crippen molar-refractivity contribution in [2.24, 2.45) is 0 Å². The Bertz CT molecular complexity index is 1010. The standard InChI is InChI=1S/C19H13ClFNO4S2/c1-10(18(24)25)26-15-5-3-2-4-11(15)8-16-17(23)22(19(27)28-16)12-6-7-14(21)13(20)9-12/h2-10H,1H3,(H,24,25)/b16-8+. The minimum absolute atomic E-state index is 0.114. The molecule has 3 rings (SSSR count). The van der Waals surface area contributed by atoms with Crippen molar-refractivity contribution in [3.8, 4) is 5.75 Å². The molecular formula is C19H13ClFNO4S2. The van der Waals surface area contributed by atoms with Crippen LogP contribution in [0.5, 0.6) is 5.75 Å². The average molecular weight is 438 g/mol. The van der Waals surface area contributed by atoms with Gasteiger partial charge in [0.15, 0.2) is 10.4 Å². The van der Waals surface area contributed by atoms with Gasteiger partial charge in [0.25, 0.3) is 5.91 Å². The molecule has 1 N–H and O–H groups in total. The molecule has 0 bridgehead atoms. The molecule has 0 spiro atoms. The van der Waals surface area contributed by atoms with E-state index in [1.54, 1.807) is 30.3 Å². The van der Waals surface area contributed by atoms with Gasteiger partial charge in [-0.2, -0.15) is 0 Å². The number of benzene rings is 2. The van der Waals surface area contributed by atoms with Crippen molar-refractivity contribution in [3.05, 3.63) is 63.8 Å². The molecule has 144 valence electrons. The molecule has 5 nitrogen and oxygen atoms in total. The number of nitrogens with zero attached hydrogens (tertiary/aromatic N) is 1. The third-order valence-corrected chi connectivity index (χ3v) is 5.40. The van der Waals surface area contributed by atoms with Crippen LogP contribution in [0.4, 0.5) is 10.1 Å². The molecule has 0 aliphatic carbocycles. The topological polar surface area (TPSA) is 66.8 Å². The van der Waals surface area contributed by atoms with E-state index in [1.165, 1.54) is 24.0 Å². The Balaban J connectivity index is 1.92. The summed E-state index contributed by atoms with van der Waals surface area (Å²) in [7, 11) is 0. The lowest BCUT2D eigenvalue weighted by Gasteiger charge is -2.15. The van der Waals surface area contributed by atoms with Gasteiger partial charge in [0.2, 0.25) is 0 Å². The lowest BCUT2D eigenvalue weighted by Crippen LogP contribution is -2.27. The number of para-hydroxylation sites is 1. The number of carbonyl (C=O) groups excluding carboxylic acids is 1. The second-order valence-electron chi connectivity index (χ2n) is 5.75. The predicted octanol–water partition coefficient (Wildman–Crippen LogP) is 4.74. The van der Waals surface area contributed by atoms with Crippen LogP contribution in [-0.2, 0) is 9.59 Å². The van der Waals surface area contributed by atoms with Crippen molar-refractivity contribution < 1.29 is 23.8 Å². The number of hydrogen-bond acceptors (Lipinski definition) is 5. The molecule has 2 aromatic rings. The summed E-state index contributed by atoms with van der Waals surface area (Å²) >= 11 is 12.2. The molecule has 1 saturated heterocycles. The molecule has 0 saturated carbocycles. The molecule has 1 fully saturated rings. The fourth-order valence-electron chi connectivity index (χ4n) is 2.40. The average Bonchev–Trinajstić information content (AvgIpc) is 2.92. The van der Waals surface area contributed by atoms with E-state index in [0.29, 0.717) is 21.9 Å². The van der Waals surface area contributed by atoms with Crippen LogP contribution in [-0.4, -0.2) is 27.4 Å². The van der Waals surface area contributed by atoms with E-state index in [9.17, 15) is 14.0 Å². The molecule has 0 radical (unpaired) electrons. The number of carboxylic acids is 1. The molecule has 9 heteroatoms. The van der Waals surface area contributed by atoms with Gasteiger partial charge in [0.1, 0.15) is 11.6 Å². The third kappa shape index (κ3) is 4.19. The number of rotatable bonds is 5. The molecule has 1 heterocycles. The molecule has 1 aliphatic heterocycles. The number of anilines is 1. The lowest BCUT2D eigenvalue weighted by molar-refractivity contribution is -0.144. The molecule has 28 heavy (non-hydrogen) atoms. The highest BCUT2D eigenvalue weighted by atomic mass is 35.5. The number of hydrogen-bond donors (Lipinski definition) is 1. The fraction of sp³-hybridized carbons (Fsp3) is 0.105. The number of amides is 1. The van der Waals surface area contributed by atoms with E-state index in [4.69, 9.17) is 33.7 Å². The Hall–Kier alpha value is -2.42. The zero-order valence-corrected chi connectivity index (χ0v) is 16.8. The van der Waals surface area contributed by atoms with Crippen LogP contribution in [0.25, 0.3) is 6.08 Å². The first-order chi connectivity index (χ1) is 13.3. The highest BCUT2D eigenvalue weighted by molar-refractivity contribution is 8.27. The summed E-state index contributed by atoms with van der Waals surface area (Å²) in [6.07, 6.45) is 0.527. The van der Waals surface area contributed by atoms with E-state index >= 15 is 0 Å². The first-order valence-electron chi connectivity index (χ1n) is 7.99. The Kier molecular flexibility index (Phi) is 6.02. The number of carbonyl (C=O) groups is 2. The van der Waals surface area contributed by atoms with Gasteiger partial charge in [-0.15, -0.1) is 0 Å². The van der Waals surface area contributed by atoms with Crippen LogP contribution in [0.3, 0.4) is 0 Å². The van der Waals surface area contributed by atoms with E-state index in [2.05, 4.69) is 0 Å². The number of thiocarbonyl (C=S) groups is 1. The second kappa shape index (κ2) is 8.30. The normalized spacial score (nSPS) is 16.5. The summed E-state index contributed by atoms with van der Waals surface area (Å²) in [5.41, 5.74) is 0.898. The van der Waals surface area contributed by atoms with Gasteiger partial charge in [0, 0.05) is 5.56 Å². The molecule has 1 unspecified atom stereocenters. The first kappa shape index (κ1) is 20.3. The number of halogens is 2. The largest absolute Gasteiger partial charge is 0.479 e. The number of ether oxygens (including phenoxy) is 1. The second-order valence-corrected chi connectivity index (χ2v) is 7.83. The summed E-state index contributed by atoms with van der Waals surface area (Å²) in [6, 6.07) is 10.7. The fourth-order valence-corrected chi connectivity index (χ4v) is 3.87. The van der Waals surface area contributed by atoms with Gasteiger partial charge in [-0.25, -0.2) is 9.18 Å². The van der Waals surface area contributed by atoms with Gasteiger partial charge in [-0.1, -0.05) is 53.8 Å². The highest BCUT2D eigenvalue weighted by Gasteiger charge is 2.33. The van der Waals surface area contributed by atoms with E-state index in [0.717, 1.165) is 17.8 Å². The summed E-state index contributed by atoms with van der Waals surface area (Å²) in [4.78, 5) is 25.5. The van der Waals surface area contributed by atoms with Crippen molar-refractivity contribution in [1.82, 2.24) is 0 Å². The monoisotopic (exact) mass is 437 g/mol. The van der Waals surface area contributed by atoms with Gasteiger partial charge < -0.3 is 9.84 Å². The SMILES string of the molecule is CC(Oc1ccccc1/C=C1/SC(=S)N(c2ccc(F)c(Cl)c2)C1=O)C(=O)O. The van der Waals surface area contributed by atoms with Gasteiger partial charge >= 0.3 is 5.97 Å². The van der Waals surface area contributed by atoms with Gasteiger partial charge in [0.05, 0.1) is 15.6 Å². The van der Waals surface area contributed by atoms with E-state index in [1.807, 2.05) is 0 Å². The maximum absolute atomic E-state index is 13.4. The van der Waals surface area contributed by atoms with Gasteiger partial charge in [-0.05, 0) is 37.3 Å². The maximum Gasteiger partial charge on any atom is 0.344 e. The number of thioether (sulfide) groups is 1. The predicted molar refractivity (Wildman–Crippen MR) is 111 cm³/mol. The summed E-state index contributed by atoms with van der Waals surface area (Å²) in [5, 5.41) is 8.92. The van der Waals surface area contributed by atoms with Crippen LogP contribution in [0.2, 0.25) is 5.02 Å². The maximum atomic E-state index is 13.4. The Labute approximate surface area is 174 Å². The Morgan fingerprint density at radius 3 is 2.75 bits per heavy atom. The minimum atomic E-state index is -1.10. The number of aliphatic carboxylic acids is 1. The molecule has 0 aromatic heterocycles. The minimum Gasteiger partial charge on any atom is -0.479 e. The summed E-state index contributed by atoms with van der Waals surface area (Å²) < 4.78 is 19.1. The highest BCUT2D eigenvalue weighted by Crippen LogP contribution is 2.38. The van der Waals surface area contributed by atoms with Crippen LogP contribution < -0.4 is 9.64 Å². The van der Waals surface area contributed by atoms with Crippen molar-refractivity contribution in [2.45, 2.75) is 13.0 Å². The Morgan fingerprint density at radius 1 is 1.36 bits per heavy atom. The zero-order valence-electron chi connectivity index (χ0n) is 14.4. The van der Waals surface area contributed by atoms with Crippen LogP contribution in [0.15, 0.2) is 47.4 Å².